The minimum absolute atomic E-state index is 0.118. The molecule has 0 atom stereocenters. The van der Waals surface area contributed by atoms with E-state index in [-0.39, 0.29) is 11.7 Å². The van der Waals surface area contributed by atoms with Gasteiger partial charge in [0.2, 0.25) is 11.5 Å². The molecule has 0 aliphatic rings. The average Bonchev–Trinajstić information content (AvgIpc) is 3.14. The van der Waals surface area contributed by atoms with Crippen LogP contribution in [-0.2, 0) is 6.42 Å². The number of nitrogens with two attached hydrogens (primary N) is 1. The first-order valence-electron chi connectivity index (χ1n) is 7.36. The van der Waals surface area contributed by atoms with E-state index >= 15 is 0 Å². The van der Waals surface area contributed by atoms with Crippen molar-refractivity contribution < 1.29 is 14.0 Å². The number of phenolic OH excluding ortho intramolecular Hbond substituents is 1. The first-order chi connectivity index (χ1) is 11.6. The van der Waals surface area contributed by atoms with E-state index in [1.54, 1.807) is 24.3 Å². The molecule has 7 heteroatoms. The highest BCUT2D eigenvalue weighted by atomic mass is 16.5. The van der Waals surface area contributed by atoms with E-state index in [1.165, 1.54) is 0 Å². The smallest absolute Gasteiger partial charge is 0.221 e. The molecule has 0 saturated carbocycles. The van der Waals surface area contributed by atoms with Gasteiger partial charge in [0.25, 0.3) is 0 Å². The summed E-state index contributed by atoms with van der Waals surface area (Å²) >= 11 is 0. The molecule has 3 heterocycles. The van der Waals surface area contributed by atoms with Gasteiger partial charge in [-0.25, -0.2) is 9.97 Å². The van der Waals surface area contributed by atoms with Crippen LogP contribution in [0.15, 0.2) is 45.3 Å². The predicted octanol–water partition coefficient (Wildman–Crippen LogP) is 3.06. The molecule has 3 aromatic heterocycles. The standard InChI is InChI=1S/C17H14N4O3/c1-9-5-6-13(23-9)15-16-14(19-17(18)20-15)12(21-24-16)8-10-3-2-4-11(22)7-10/h2-7,22H,8H2,1H3,(H2,18,19,20). The van der Waals surface area contributed by atoms with Crippen molar-refractivity contribution in [3.8, 4) is 17.2 Å². The van der Waals surface area contributed by atoms with E-state index in [4.69, 9.17) is 14.7 Å². The fraction of sp³-hybridized carbons (Fsp3) is 0.118. The Morgan fingerprint density at radius 3 is 2.79 bits per heavy atom. The zero-order valence-corrected chi connectivity index (χ0v) is 12.9. The lowest BCUT2D eigenvalue weighted by Crippen LogP contribution is -1.98. The van der Waals surface area contributed by atoms with Crippen molar-refractivity contribution in [2.75, 3.05) is 5.73 Å². The van der Waals surface area contributed by atoms with Crippen molar-refractivity contribution in [2.45, 2.75) is 13.3 Å². The number of nitrogens with zero attached hydrogens (tertiary/aromatic N) is 3. The highest BCUT2D eigenvalue weighted by Crippen LogP contribution is 2.30. The lowest BCUT2D eigenvalue weighted by Gasteiger charge is -2.01. The van der Waals surface area contributed by atoms with Crippen LogP contribution in [0.3, 0.4) is 0 Å². The summed E-state index contributed by atoms with van der Waals surface area (Å²) in [5, 5.41) is 13.7. The van der Waals surface area contributed by atoms with Gasteiger partial charge in [-0.1, -0.05) is 17.3 Å². The summed E-state index contributed by atoms with van der Waals surface area (Å²) in [4.78, 5) is 8.47. The molecular formula is C17H14N4O3. The molecular weight excluding hydrogens is 308 g/mol. The summed E-state index contributed by atoms with van der Waals surface area (Å²) in [6, 6.07) is 10.6. The van der Waals surface area contributed by atoms with Crippen LogP contribution in [0.25, 0.3) is 22.6 Å². The Balaban J connectivity index is 1.83. The van der Waals surface area contributed by atoms with Crippen molar-refractivity contribution in [3.05, 3.63) is 53.4 Å². The van der Waals surface area contributed by atoms with Crippen LogP contribution < -0.4 is 5.73 Å². The van der Waals surface area contributed by atoms with Gasteiger partial charge in [0, 0.05) is 6.42 Å². The van der Waals surface area contributed by atoms with E-state index in [1.807, 2.05) is 19.1 Å². The Hall–Kier alpha value is -3.35. The van der Waals surface area contributed by atoms with Gasteiger partial charge in [0.1, 0.15) is 22.7 Å². The molecule has 0 radical (unpaired) electrons. The maximum Gasteiger partial charge on any atom is 0.221 e. The topological polar surface area (TPSA) is 111 Å². The molecule has 0 saturated heterocycles. The Labute approximate surface area is 136 Å². The highest BCUT2D eigenvalue weighted by Gasteiger charge is 2.19. The SMILES string of the molecule is Cc1ccc(-c2nc(N)nc3c(Cc4cccc(O)c4)noc23)o1. The lowest BCUT2D eigenvalue weighted by molar-refractivity contribution is 0.446. The summed E-state index contributed by atoms with van der Waals surface area (Å²) in [7, 11) is 0. The molecule has 0 amide bonds. The van der Waals surface area contributed by atoms with Gasteiger partial charge in [-0.2, -0.15) is 0 Å². The number of furan rings is 1. The fourth-order valence-electron chi connectivity index (χ4n) is 2.60. The zero-order chi connectivity index (χ0) is 16.7. The largest absolute Gasteiger partial charge is 0.508 e. The lowest BCUT2D eigenvalue weighted by atomic mass is 10.1. The summed E-state index contributed by atoms with van der Waals surface area (Å²) < 4.78 is 11.1. The van der Waals surface area contributed by atoms with E-state index in [2.05, 4.69) is 15.1 Å². The second-order valence-electron chi connectivity index (χ2n) is 5.49. The monoisotopic (exact) mass is 322 g/mol. The van der Waals surface area contributed by atoms with Crippen LogP contribution in [0.1, 0.15) is 17.0 Å². The summed E-state index contributed by atoms with van der Waals surface area (Å²) in [5.41, 5.74) is 8.78. The number of hydrogen-bond acceptors (Lipinski definition) is 7. The summed E-state index contributed by atoms with van der Waals surface area (Å²) in [6.07, 6.45) is 0.453. The molecule has 0 fully saturated rings. The highest BCUT2D eigenvalue weighted by molar-refractivity contribution is 5.88. The minimum Gasteiger partial charge on any atom is -0.508 e. The van der Waals surface area contributed by atoms with Crippen molar-refractivity contribution >= 4 is 17.0 Å². The molecule has 0 unspecified atom stereocenters. The number of anilines is 1. The van der Waals surface area contributed by atoms with Crippen LogP contribution in [0.2, 0.25) is 0 Å². The number of aromatic hydroxyl groups is 1. The quantitative estimate of drug-likeness (QED) is 0.596. The summed E-state index contributed by atoms with van der Waals surface area (Å²) in [5.74, 6) is 1.62. The van der Waals surface area contributed by atoms with Gasteiger partial charge in [0.05, 0.1) is 0 Å². The molecule has 24 heavy (non-hydrogen) atoms. The number of fused-ring (bicyclic) bond motifs is 1. The molecule has 1 aromatic carbocycles. The maximum atomic E-state index is 9.59. The number of aromatic nitrogens is 3. The molecule has 3 N–H and O–H groups in total. The third-order valence-electron chi connectivity index (χ3n) is 3.66. The molecule has 120 valence electrons. The van der Waals surface area contributed by atoms with Gasteiger partial charge in [-0.3, -0.25) is 0 Å². The number of phenols is 1. The van der Waals surface area contributed by atoms with Gasteiger partial charge >= 0.3 is 0 Å². The normalized spacial score (nSPS) is 11.2. The van der Waals surface area contributed by atoms with Crippen molar-refractivity contribution in [1.29, 1.82) is 0 Å². The number of rotatable bonds is 3. The third-order valence-corrected chi connectivity index (χ3v) is 3.66. The zero-order valence-electron chi connectivity index (χ0n) is 12.9. The molecule has 4 rings (SSSR count). The molecule has 0 spiro atoms. The van der Waals surface area contributed by atoms with Gasteiger partial charge in [-0.05, 0) is 36.8 Å². The maximum absolute atomic E-state index is 9.59. The van der Waals surface area contributed by atoms with Crippen LogP contribution in [0.5, 0.6) is 5.75 Å². The van der Waals surface area contributed by atoms with Crippen LogP contribution >= 0.6 is 0 Å². The third kappa shape index (κ3) is 2.45. The Kier molecular flexibility index (Phi) is 3.19. The number of aryl methyl sites for hydroxylation is 1. The molecule has 4 aromatic rings. The first kappa shape index (κ1) is 14.3. The fourth-order valence-corrected chi connectivity index (χ4v) is 2.60. The van der Waals surface area contributed by atoms with Crippen LogP contribution in [0.4, 0.5) is 5.95 Å². The number of hydrogen-bond donors (Lipinski definition) is 2. The Bertz CT molecular complexity index is 1040. The van der Waals surface area contributed by atoms with Crippen LogP contribution in [0, 0.1) is 6.92 Å². The second-order valence-corrected chi connectivity index (χ2v) is 5.49. The van der Waals surface area contributed by atoms with Crippen molar-refractivity contribution in [1.82, 2.24) is 15.1 Å². The van der Waals surface area contributed by atoms with E-state index in [0.29, 0.717) is 34.7 Å². The molecule has 0 aliphatic carbocycles. The molecule has 7 nitrogen and oxygen atoms in total. The van der Waals surface area contributed by atoms with Gasteiger partial charge < -0.3 is 19.8 Å². The van der Waals surface area contributed by atoms with Gasteiger partial charge in [-0.15, -0.1) is 0 Å². The Morgan fingerprint density at radius 2 is 2.04 bits per heavy atom. The van der Waals surface area contributed by atoms with Crippen LogP contribution in [-0.4, -0.2) is 20.2 Å². The predicted molar refractivity (Wildman–Crippen MR) is 87.4 cm³/mol. The minimum atomic E-state index is 0.118. The average molecular weight is 322 g/mol. The molecule has 0 bridgehead atoms. The second kappa shape index (κ2) is 5.38. The molecule has 0 aliphatic heterocycles. The number of nitrogen functional groups attached to an aromatic ring is 1. The number of benzene rings is 1. The van der Waals surface area contributed by atoms with Crippen molar-refractivity contribution in [2.24, 2.45) is 0 Å². The van der Waals surface area contributed by atoms with E-state index in [9.17, 15) is 5.11 Å². The van der Waals surface area contributed by atoms with E-state index in [0.717, 1.165) is 11.3 Å². The Morgan fingerprint density at radius 1 is 1.17 bits per heavy atom. The van der Waals surface area contributed by atoms with Crippen molar-refractivity contribution in [3.63, 3.8) is 0 Å². The van der Waals surface area contributed by atoms with E-state index < -0.39 is 0 Å². The first-order valence-corrected chi connectivity index (χ1v) is 7.36. The summed E-state index contributed by atoms with van der Waals surface area (Å²) in [6.45, 7) is 1.85. The van der Waals surface area contributed by atoms with Gasteiger partial charge in [0.15, 0.2) is 11.5 Å².